The van der Waals surface area contributed by atoms with Gasteiger partial charge in [-0.2, -0.15) is 0 Å². The normalized spacial score (nSPS) is 31.9. The molecule has 6 aliphatic heterocycles. The summed E-state index contributed by atoms with van der Waals surface area (Å²) in [5.41, 5.74) is 1.40. The lowest BCUT2D eigenvalue weighted by Crippen LogP contribution is -2.50. The van der Waals surface area contributed by atoms with Crippen LogP contribution in [-0.2, 0) is 28.8 Å². The Morgan fingerprint density at radius 3 is 0.843 bits per heavy atom. The first kappa shape index (κ1) is 90.2. The summed E-state index contributed by atoms with van der Waals surface area (Å²) in [6.45, 7) is 32.7. The van der Waals surface area contributed by atoms with E-state index in [-0.39, 0.29) is 80.6 Å². The number of rotatable bonds is 12. The first-order chi connectivity index (χ1) is 51.2. The number of hydrogen-bond acceptors (Lipinski definition) is 12. The highest BCUT2D eigenvalue weighted by Crippen LogP contribution is 2.39. The maximum atomic E-state index is 12.7. The molecule has 0 aromatic carbocycles. The number of hydrogen-bond donors (Lipinski definition) is 6. The molecule has 108 heavy (non-hydrogen) atoms. The Hall–Kier alpha value is -4.98. The van der Waals surface area contributed by atoms with Crippen molar-refractivity contribution in [2.75, 3.05) is 81.6 Å². The highest BCUT2D eigenvalue weighted by Gasteiger charge is 2.44. The van der Waals surface area contributed by atoms with Crippen LogP contribution in [0.3, 0.4) is 0 Å². The van der Waals surface area contributed by atoms with Crippen LogP contribution >= 0.6 is 0 Å². The number of carbonyl (C=O) groups excluding carboxylic acids is 6. The van der Waals surface area contributed by atoms with Gasteiger partial charge in [0, 0.05) is 51.4 Å². The van der Waals surface area contributed by atoms with Gasteiger partial charge < -0.3 is 61.3 Å². The molecule has 6 N–H and O–H groups in total. The second-order valence-electron chi connectivity index (χ2n) is 38.6. The van der Waals surface area contributed by atoms with Gasteiger partial charge in [-0.1, -0.05) is 162 Å². The summed E-state index contributed by atoms with van der Waals surface area (Å²) >= 11 is 0. The largest absolute Gasteiger partial charge is 0.338 e. The second-order valence-corrected chi connectivity index (χ2v) is 38.6. The number of likely N-dealkylation sites (tertiary alicyclic amines) is 6. The molecule has 11 unspecified atom stereocenters. The van der Waals surface area contributed by atoms with E-state index in [2.05, 4.69) is 217 Å². The minimum atomic E-state index is -0.00146. The van der Waals surface area contributed by atoms with Crippen LogP contribution in [0, 0.1) is 32.5 Å². The van der Waals surface area contributed by atoms with Crippen molar-refractivity contribution in [3.63, 3.8) is 0 Å². The summed E-state index contributed by atoms with van der Waals surface area (Å²) in [6.07, 6.45) is 59.6. The zero-order chi connectivity index (χ0) is 79.0. The van der Waals surface area contributed by atoms with Gasteiger partial charge in [0.1, 0.15) is 0 Å². The monoisotopic (exact) mass is 1500 g/mol. The van der Waals surface area contributed by atoms with Crippen LogP contribution in [0.25, 0.3) is 0 Å². The summed E-state index contributed by atoms with van der Waals surface area (Å²) in [5.74, 6) is 1.79. The first-order valence-electron chi connectivity index (χ1n) is 43.0. The molecular formula is C90H156N12O6. The Morgan fingerprint density at radius 2 is 0.519 bits per heavy atom. The highest BCUT2D eigenvalue weighted by molar-refractivity contribution is 5.85. The number of nitrogens with zero attached hydrogens (tertiary/aromatic N) is 6. The quantitative estimate of drug-likeness (QED) is 0.101. The van der Waals surface area contributed by atoms with Gasteiger partial charge in [0.05, 0.1) is 60.4 Å². The third kappa shape index (κ3) is 27.1. The van der Waals surface area contributed by atoms with Crippen molar-refractivity contribution in [1.29, 1.82) is 0 Å². The predicted molar refractivity (Wildman–Crippen MR) is 446 cm³/mol. The van der Waals surface area contributed by atoms with Crippen molar-refractivity contribution in [1.82, 2.24) is 61.3 Å². The number of allylic oxidation sites excluding steroid dienone is 6. The van der Waals surface area contributed by atoms with Crippen molar-refractivity contribution >= 4 is 35.4 Å². The molecular weight excluding hydrogens is 1350 g/mol. The van der Waals surface area contributed by atoms with Gasteiger partial charge in [-0.15, -0.1) is 0 Å². The maximum absolute atomic E-state index is 12.7. The van der Waals surface area contributed by atoms with E-state index in [0.717, 1.165) is 206 Å². The van der Waals surface area contributed by atoms with E-state index in [9.17, 15) is 28.8 Å². The topological polar surface area (TPSA) is 194 Å². The van der Waals surface area contributed by atoms with Crippen molar-refractivity contribution in [2.45, 2.75) is 348 Å². The number of likely N-dealkylation sites (N-methyl/N-ethyl adjacent to an activating group) is 6. The predicted octanol–water partition coefficient (Wildman–Crippen LogP) is 14.0. The van der Waals surface area contributed by atoms with E-state index < -0.39 is 0 Å². The smallest absolute Gasteiger partial charge is 0.240 e. The number of amides is 6. The summed E-state index contributed by atoms with van der Waals surface area (Å²) < 4.78 is 0. The molecule has 0 radical (unpaired) electrons. The van der Waals surface area contributed by atoms with Crippen LogP contribution in [0.1, 0.15) is 276 Å². The standard InChI is InChI=1S/3C16H28N2O.C15H26N2O.C14H24N2O.C13H22N2O/c3*1-16(2)11-10-14(17-3)15(19)18(12-16)13-8-6-4-5-7-9-13;1-15(2)10-9-13(16-3)14(18)17(11-15)12-7-5-4-6-8-12;1-14(2)9-8-12(15-3)13(17)16(10-14)11-6-4-5-7-11;1-13(2)8-7-11(14-3)12(16)15(9-13)10-5-4-6-10/h6,8,13-14,17H,4-5,7,9-12H2,1-3H3;4,6,13-14,17H,5,7-12H2,1-3H3;4-5,13-14,17H,6-12H2,1-3H3;5,7,12-13,16H,4,6,8-11H2,1-3H3;4,6,11-12,15H,5,7-10H2,1-3H3;4-5,10-11,14H,6-9H2,1-3H3. The molecule has 18 heteroatoms. The van der Waals surface area contributed by atoms with E-state index in [4.69, 9.17) is 0 Å². The summed E-state index contributed by atoms with van der Waals surface area (Å²) in [6, 6.07) is 2.17. The van der Waals surface area contributed by atoms with Crippen molar-refractivity contribution in [2.24, 2.45) is 32.5 Å². The van der Waals surface area contributed by atoms with Gasteiger partial charge >= 0.3 is 0 Å². The lowest BCUT2D eigenvalue weighted by molar-refractivity contribution is -0.136. The molecule has 0 spiro atoms. The number of carbonyl (C=O) groups is 6. The second kappa shape index (κ2) is 42.2. The third-order valence-electron chi connectivity index (χ3n) is 25.7. The zero-order valence-electron chi connectivity index (χ0n) is 71.4. The molecule has 6 fully saturated rings. The molecule has 18 nitrogen and oxygen atoms in total. The van der Waals surface area contributed by atoms with E-state index in [1.165, 1.54) is 25.7 Å². The Kier molecular flexibility index (Phi) is 35.3. The van der Waals surface area contributed by atoms with Crippen molar-refractivity contribution in [3.05, 3.63) is 72.9 Å². The van der Waals surface area contributed by atoms with E-state index in [1.54, 1.807) is 0 Å². The fourth-order valence-electron chi connectivity index (χ4n) is 18.4. The molecule has 12 rings (SSSR count). The van der Waals surface area contributed by atoms with Crippen molar-refractivity contribution in [3.8, 4) is 0 Å². The number of nitrogens with one attached hydrogen (secondary N) is 6. The van der Waals surface area contributed by atoms with E-state index in [0.29, 0.717) is 59.9 Å². The molecule has 6 amide bonds. The molecule has 0 bridgehead atoms. The molecule has 12 aliphatic rings. The molecule has 0 saturated carbocycles. The highest BCUT2D eigenvalue weighted by atomic mass is 16.2. The fourth-order valence-corrected chi connectivity index (χ4v) is 18.4. The molecule has 6 aliphatic carbocycles. The maximum Gasteiger partial charge on any atom is 0.240 e. The minimum Gasteiger partial charge on any atom is -0.338 e. The molecule has 0 aromatic rings. The SMILES string of the molecule is CNC1CCC(C)(C)CN(C2C=CC2)C1=O.CNC1CCC(C)(C)CN(C2C=CCC2)C1=O.CNC1CCC(C)(C)CN(C2C=CCCC2)C1=O.CNC1CCC(C)(C)CN(C2C=CCCCC2)C1=O.CNC1CCC(C)(C)CN(C2CC=CCCC2)C1=O.CNC1CCC(C)(C)CN(C2CCC=CCC2)C1=O. The first-order valence-corrected chi connectivity index (χ1v) is 43.0. The Balaban J connectivity index is 0.000000181. The van der Waals surface area contributed by atoms with Crippen LogP contribution in [0.2, 0.25) is 0 Å². The molecule has 6 heterocycles. The van der Waals surface area contributed by atoms with Crippen molar-refractivity contribution < 1.29 is 28.8 Å². The van der Waals surface area contributed by atoms with Crippen LogP contribution in [0.5, 0.6) is 0 Å². The van der Waals surface area contributed by atoms with Crippen LogP contribution in [-0.4, -0.2) is 219 Å². The molecule has 11 atom stereocenters. The molecule has 612 valence electrons. The van der Waals surface area contributed by atoms with Crippen LogP contribution in [0.4, 0.5) is 0 Å². The summed E-state index contributed by atoms with van der Waals surface area (Å²) in [7, 11) is 11.4. The van der Waals surface area contributed by atoms with Crippen LogP contribution < -0.4 is 31.9 Å². The Bertz CT molecular complexity index is 3030. The van der Waals surface area contributed by atoms with Crippen LogP contribution in [0.15, 0.2) is 72.9 Å². The Labute approximate surface area is 657 Å². The Morgan fingerprint density at radius 1 is 0.250 bits per heavy atom. The van der Waals surface area contributed by atoms with Gasteiger partial charge in [-0.25, -0.2) is 0 Å². The average molecular weight is 1500 g/mol. The zero-order valence-corrected chi connectivity index (χ0v) is 71.4. The summed E-state index contributed by atoms with van der Waals surface area (Å²) in [5, 5.41) is 19.1. The lowest BCUT2D eigenvalue weighted by Gasteiger charge is -2.37. The van der Waals surface area contributed by atoms with E-state index in [1.807, 2.05) is 42.3 Å². The lowest BCUT2D eigenvalue weighted by atomic mass is 9.87. The van der Waals surface area contributed by atoms with Gasteiger partial charge in [0.25, 0.3) is 0 Å². The van der Waals surface area contributed by atoms with Gasteiger partial charge in [-0.3, -0.25) is 28.8 Å². The minimum absolute atomic E-state index is 0.00146. The van der Waals surface area contributed by atoms with Gasteiger partial charge in [0.15, 0.2) is 0 Å². The van der Waals surface area contributed by atoms with Gasteiger partial charge in [-0.05, 0) is 261 Å². The fraction of sp³-hybridized carbons (Fsp3) is 0.800. The summed E-state index contributed by atoms with van der Waals surface area (Å²) in [4.78, 5) is 88.3. The van der Waals surface area contributed by atoms with Gasteiger partial charge in [0.2, 0.25) is 35.4 Å². The molecule has 6 saturated heterocycles. The van der Waals surface area contributed by atoms with E-state index >= 15 is 0 Å². The third-order valence-corrected chi connectivity index (χ3v) is 25.7. The molecule has 0 aromatic heterocycles. The average Bonchev–Trinajstić information content (AvgIpc) is 1.63.